The largest absolute Gasteiger partial charge is 0.497 e. The number of amides is 1. The minimum absolute atomic E-state index is 0.000909. The van der Waals surface area contributed by atoms with E-state index in [0.717, 1.165) is 12.0 Å². The number of hydrogen-bond donors (Lipinski definition) is 2. The van der Waals surface area contributed by atoms with Crippen molar-refractivity contribution in [1.82, 2.24) is 9.62 Å². The first kappa shape index (κ1) is 30.8. The van der Waals surface area contributed by atoms with E-state index in [1.807, 2.05) is 44.2 Å². The predicted molar refractivity (Wildman–Crippen MR) is 146 cm³/mol. The van der Waals surface area contributed by atoms with E-state index in [0.29, 0.717) is 18.8 Å². The summed E-state index contributed by atoms with van der Waals surface area (Å²) in [5.41, 5.74) is 0.877. The first-order chi connectivity index (χ1) is 18.7. The Morgan fingerprint density at radius 1 is 1.10 bits per heavy atom. The SMILES string of the molecule is COc1ccc(S(=O)(=O)N(CC(C)C)C[C@@H](O)[C@@H](Cc2ccccc2)NC(=O)OC2CCCOCOC2)cc1. The Bertz CT molecular complexity index is 1100. The summed E-state index contributed by atoms with van der Waals surface area (Å²) >= 11 is 0. The second-order valence-electron chi connectivity index (χ2n) is 9.97. The molecule has 1 amide bonds. The van der Waals surface area contributed by atoms with Gasteiger partial charge in [-0.15, -0.1) is 0 Å². The van der Waals surface area contributed by atoms with E-state index in [4.69, 9.17) is 18.9 Å². The minimum Gasteiger partial charge on any atom is -0.497 e. The van der Waals surface area contributed by atoms with Crippen LogP contribution >= 0.6 is 0 Å². The van der Waals surface area contributed by atoms with Gasteiger partial charge in [0.15, 0.2) is 0 Å². The average Bonchev–Trinajstić information content (AvgIpc) is 2.89. The molecule has 2 aromatic carbocycles. The lowest BCUT2D eigenvalue weighted by atomic mass is 10.0. The molecule has 1 aliphatic heterocycles. The first-order valence-electron chi connectivity index (χ1n) is 13.2. The molecule has 39 heavy (non-hydrogen) atoms. The van der Waals surface area contributed by atoms with Gasteiger partial charge in [-0.05, 0) is 55.0 Å². The van der Waals surface area contributed by atoms with Crippen LogP contribution in [0.1, 0.15) is 32.3 Å². The molecule has 0 radical (unpaired) electrons. The quantitative estimate of drug-likeness (QED) is 0.403. The number of nitrogens with one attached hydrogen (secondary N) is 1. The highest BCUT2D eigenvalue weighted by Crippen LogP contribution is 2.22. The van der Waals surface area contributed by atoms with Gasteiger partial charge in [0.1, 0.15) is 18.6 Å². The van der Waals surface area contributed by atoms with Gasteiger partial charge in [-0.25, -0.2) is 13.2 Å². The number of rotatable bonds is 12. The van der Waals surface area contributed by atoms with Gasteiger partial charge in [-0.3, -0.25) is 0 Å². The summed E-state index contributed by atoms with van der Waals surface area (Å²) in [6, 6.07) is 14.7. The Hall–Kier alpha value is -2.70. The topological polar surface area (TPSA) is 124 Å². The Morgan fingerprint density at radius 3 is 2.49 bits per heavy atom. The van der Waals surface area contributed by atoms with Crippen LogP contribution in [0, 0.1) is 5.92 Å². The number of hydrogen-bond acceptors (Lipinski definition) is 8. The lowest BCUT2D eigenvalue weighted by Gasteiger charge is -2.31. The summed E-state index contributed by atoms with van der Waals surface area (Å²) in [5.74, 6) is 0.538. The molecule has 0 aromatic heterocycles. The van der Waals surface area contributed by atoms with E-state index in [1.54, 1.807) is 12.1 Å². The molecular weight excluding hydrogens is 524 g/mol. The molecular formula is C28H40N2O8S. The number of carbonyl (C=O) groups excluding carboxylic acids is 1. The Kier molecular flexibility index (Phi) is 12.0. The number of nitrogens with zero attached hydrogens (tertiary/aromatic N) is 1. The predicted octanol–water partition coefficient (Wildman–Crippen LogP) is 3.19. The zero-order chi connectivity index (χ0) is 28.3. The second kappa shape index (κ2) is 15.2. The summed E-state index contributed by atoms with van der Waals surface area (Å²) in [7, 11) is -2.43. The van der Waals surface area contributed by atoms with Crippen LogP contribution in [0.25, 0.3) is 0 Å². The van der Waals surface area contributed by atoms with Crippen LogP contribution in [0.5, 0.6) is 5.75 Å². The molecule has 1 heterocycles. The van der Waals surface area contributed by atoms with Gasteiger partial charge >= 0.3 is 6.09 Å². The van der Waals surface area contributed by atoms with Crippen molar-refractivity contribution in [3.63, 3.8) is 0 Å². The number of aliphatic hydroxyl groups is 1. The lowest BCUT2D eigenvalue weighted by molar-refractivity contribution is -0.0990. The number of carbonyl (C=O) groups is 1. The monoisotopic (exact) mass is 564 g/mol. The third-order valence-corrected chi connectivity index (χ3v) is 8.13. The van der Waals surface area contributed by atoms with Crippen LogP contribution in [0.4, 0.5) is 4.79 Å². The van der Waals surface area contributed by atoms with Crippen LogP contribution in [0.3, 0.4) is 0 Å². The van der Waals surface area contributed by atoms with E-state index in [1.165, 1.54) is 23.5 Å². The van der Waals surface area contributed by atoms with Crippen LogP contribution in [0.15, 0.2) is 59.5 Å². The standard InChI is InChI=1S/C28H40N2O8S/c1-21(2)17-30(39(33,34)25-13-11-23(35-3)12-14-25)18-27(31)26(16-22-8-5-4-6-9-22)29-28(32)38-24-10-7-15-36-20-37-19-24/h4-6,8-9,11-14,21,24,26-27,31H,7,10,15-20H2,1-3H3,(H,29,32)/t24?,26-,27-/m1/s1. The highest BCUT2D eigenvalue weighted by Gasteiger charge is 2.32. The summed E-state index contributed by atoms with van der Waals surface area (Å²) in [5, 5.41) is 14.1. The molecule has 1 fully saturated rings. The second-order valence-corrected chi connectivity index (χ2v) is 11.9. The van der Waals surface area contributed by atoms with Crippen LogP contribution in [-0.2, 0) is 30.7 Å². The molecule has 0 aliphatic carbocycles. The van der Waals surface area contributed by atoms with E-state index < -0.39 is 34.4 Å². The maximum atomic E-state index is 13.6. The van der Waals surface area contributed by atoms with Crippen molar-refractivity contribution in [1.29, 1.82) is 0 Å². The highest BCUT2D eigenvalue weighted by molar-refractivity contribution is 7.89. The molecule has 11 heteroatoms. The Morgan fingerprint density at radius 2 is 1.82 bits per heavy atom. The smallest absolute Gasteiger partial charge is 0.407 e. The summed E-state index contributed by atoms with van der Waals surface area (Å²) in [4.78, 5) is 13.0. The molecule has 1 saturated heterocycles. The molecule has 0 bridgehead atoms. The van der Waals surface area contributed by atoms with Crippen molar-refractivity contribution in [2.45, 2.75) is 56.3 Å². The normalized spacial score (nSPS) is 18.2. The fraction of sp³-hybridized carbons (Fsp3) is 0.536. The van der Waals surface area contributed by atoms with E-state index in [9.17, 15) is 18.3 Å². The molecule has 3 rings (SSSR count). The third kappa shape index (κ3) is 9.77. The summed E-state index contributed by atoms with van der Waals surface area (Å²) in [6.07, 6.45) is -0.766. The highest BCUT2D eigenvalue weighted by atomic mass is 32.2. The number of ether oxygens (including phenoxy) is 4. The number of methoxy groups -OCH3 is 1. The van der Waals surface area contributed by atoms with Gasteiger partial charge in [0.25, 0.3) is 0 Å². The molecule has 10 nitrogen and oxygen atoms in total. The summed E-state index contributed by atoms with van der Waals surface area (Å²) < 4.78 is 49.7. The van der Waals surface area contributed by atoms with Crippen molar-refractivity contribution >= 4 is 16.1 Å². The average molecular weight is 565 g/mol. The maximum Gasteiger partial charge on any atom is 0.407 e. The van der Waals surface area contributed by atoms with Crippen molar-refractivity contribution in [3.05, 3.63) is 60.2 Å². The van der Waals surface area contributed by atoms with E-state index in [-0.39, 0.29) is 43.7 Å². The molecule has 2 N–H and O–H groups in total. The number of benzene rings is 2. The molecule has 1 aliphatic rings. The Balaban J connectivity index is 1.78. The fourth-order valence-electron chi connectivity index (χ4n) is 4.29. The zero-order valence-electron chi connectivity index (χ0n) is 22.8. The van der Waals surface area contributed by atoms with Crippen molar-refractivity contribution in [2.24, 2.45) is 5.92 Å². The van der Waals surface area contributed by atoms with Crippen LogP contribution < -0.4 is 10.1 Å². The van der Waals surface area contributed by atoms with Gasteiger partial charge in [-0.1, -0.05) is 44.2 Å². The van der Waals surface area contributed by atoms with E-state index >= 15 is 0 Å². The van der Waals surface area contributed by atoms with Crippen molar-refractivity contribution < 1.29 is 37.3 Å². The summed E-state index contributed by atoms with van der Waals surface area (Å²) in [6.45, 7) is 4.66. The third-order valence-electron chi connectivity index (χ3n) is 6.28. The number of aliphatic hydroxyl groups excluding tert-OH is 1. The molecule has 1 unspecified atom stereocenters. The van der Waals surface area contributed by atoms with Gasteiger partial charge in [0.2, 0.25) is 10.0 Å². The Labute approximate surface area is 231 Å². The maximum absolute atomic E-state index is 13.6. The van der Waals surface area contributed by atoms with Crippen molar-refractivity contribution in [3.8, 4) is 5.75 Å². The van der Waals surface area contributed by atoms with E-state index in [2.05, 4.69) is 5.32 Å². The first-order valence-corrected chi connectivity index (χ1v) is 14.6. The van der Waals surface area contributed by atoms with Gasteiger partial charge in [0.05, 0.1) is 30.8 Å². The van der Waals surface area contributed by atoms with Crippen molar-refractivity contribution in [2.75, 3.05) is 40.2 Å². The zero-order valence-corrected chi connectivity index (χ0v) is 23.6. The lowest BCUT2D eigenvalue weighted by Crippen LogP contribution is -2.51. The van der Waals surface area contributed by atoms with Gasteiger partial charge in [0, 0.05) is 19.7 Å². The van der Waals surface area contributed by atoms with Gasteiger partial charge in [-0.2, -0.15) is 4.31 Å². The molecule has 0 saturated carbocycles. The molecule has 2 aromatic rings. The van der Waals surface area contributed by atoms with Crippen LogP contribution in [-0.4, -0.2) is 82.4 Å². The number of alkyl carbamates (subject to hydrolysis) is 1. The minimum atomic E-state index is -3.94. The fourth-order valence-corrected chi connectivity index (χ4v) is 5.91. The molecule has 216 valence electrons. The van der Waals surface area contributed by atoms with Crippen LogP contribution in [0.2, 0.25) is 0 Å². The molecule has 3 atom stereocenters. The molecule has 0 spiro atoms. The number of sulfonamides is 1. The van der Waals surface area contributed by atoms with Gasteiger partial charge < -0.3 is 29.4 Å².